The molecular weight excluding hydrogens is 224 g/mol. The summed E-state index contributed by atoms with van der Waals surface area (Å²) in [7, 11) is 0. The minimum atomic E-state index is 0.658. The molecule has 18 heavy (non-hydrogen) atoms. The van der Waals surface area contributed by atoms with Gasteiger partial charge in [0.05, 0.1) is 11.2 Å². The van der Waals surface area contributed by atoms with E-state index in [9.17, 15) is 0 Å². The van der Waals surface area contributed by atoms with E-state index in [0.29, 0.717) is 5.69 Å². The van der Waals surface area contributed by atoms with Crippen molar-refractivity contribution >= 4 is 16.6 Å². The number of aromatic nitrogens is 1. The molecule has 0 fully saturated rings. The summed E-state index contributed by atoms with van der Waals surface area (Å²) in [5, 5.41) is 0.918. The van der Waals surface area contributed by atoms with Gasteiger partial charge in [-0.3, -0.25) is 4.98 Å². The van der Waals surface area contributed by atoms with Gasteiger partial charge >= 0.3 is 0 Å². The van der Waals surface area contributed by atoms with Crippen LogP contribution in [0.2, 0.25) is 0 Å². The number of para-hydroxylation sites is 1. The van der Waals surface area contributed by atoms with Crippen molar-refractivity contribution in [3.63, 3.8) is 0 Å². The molecule has 1 heterocycles. The Bertz CT molecular complexity index is 680. The van der Waals surface area contributed by atoms with Crippen molar-refractivity contribution in [2.45, 2.75) is 0 Å². The fraction of sp³-hybridized carbons (Fsp3) is 0. The van der Waals surface area contributed by atoms with Gasteiger partial charge in [0.1, 0.15) is 11.5 Å². The lowest BCUT2D eigenvalue weighted by Gasteiger charge is -2.09. The number of rotatable bonds is 2. The number of hydrogen-bond acceptors (Lipinski definition) is 3. The normalized spacial score (nSPS) is 10.4. The number of benzene rings is 2. The standard InChI is InChI=1S/C15H12N2O/c16-13-8-9-14(12-7-4-10-17-15(12)13)18-11-5-2-1-3-6-11/h1-10H,16H2. The van der Waals surface area contributed by atoms with Gasteiger partial charge in [-0.15, -0.1) is 0 Å². The van der Waals surface area contributed by atoms with Gasteiger partial charge in [0.15, 0.2) is 0 Å². The topological polar surface area (TPSA) is 48.1 Å². The van der Waals surface area contributed by atoms with Crippen LogP contribution < -0.4 is 10.5 Å². The summed E-state index contributed by atoms with van der Waals surface area (Å²) in [6.07, 6.45) is 1.73. The van der Waals surface area contributed by atoms with E-state index in [0.717, 1.165) is 22.4 Å². The first-order valence-electron chi connectivity index (χ1n) is 5.71. The van der Waals surface area contributed by atoms with Crippen LogP contribution in [-0.4, -0.2) is 4.98 Å². The Balaban J connectivity index is 2.10. The largest absolute Gasteiger partial charge is 0.457 e. The molecule has 0 amide bonds. The number of anilines is 1. The highest BCUT2D eigenvalue weighted by molar-refractivity contribution is 5.93. The zero-order valence-corrected chi connectivity index (χ0v) is 9.71. The molecule has 0 aliphatic carbocycles. The second-order valence-corrected chi connectivity index (χ2v) is 3.97. The Morgan fingerprint density at radius 2 is 1.72 bits per heavy atom. The molecule has 0 saturated heterocycles. The lowest BCUT2D eigenvalue weighted by molar-refractivity contribution is 0.488. The van der Waals surface area contributed by atoms with E-state index >= 15 is 0 Å². The van der Waals surface area contributed by atoms with Crippen LogP contribution >= 0.6 is 0 Å². The molecule has 0 atom stereocenters. The molecule has 0 aliphatic heterocycles. The van der Waals surface area contributed by atoms with Crippen molar-refractivity contribution in [3.05, 3.63) is 60.8 Å². The monoisotopic (exact) mass is 236 g/mol. The molecule has 0 spiro atoms. The summed E-state index contributed by atoms with van der Waals surface area (Å²) in [6, 6.07) is 17.2. The van der Waals surface area contributed by atoms with Gasteiger partial charge in [0.25, 0.3) is 0 Å². The number of nitrogens with zero attached hydrogens (tertiary/aromatic N) is 1. The van der Waals surface area contributed by atoms with E-state index in [1.165, 1.54) is 0 Å². The number of nitrogen functional groups attached to an aromatic ring is 1. The average molecular weight is 236 g/mol. The van der Waals surface area contributed by atoms with Gasteiger partial charge in [0.2, 0.25) is 0 Å². The second-order valence-electron chi connectivity index (χ2n) is 3.97. The highest BCUT2D eigenvalue weighted by Gasteiger charge is 2.06. The molecule has 0 saturated carbocycles. The van der Waals surface area contributed by atoms with Crippen LogP contribution in [0.3, 0.4) is 0 Å². The number of pyridine rings is 1. The molecule has 2 N–H and O–H groups in total. The van der Waals surface area contributed by atoms with Gasteiger partial charge in [-0.25, -0.2) is 0 Å². The van der Waals surface area contributed by atoms with Crippen LogP contribution in [0.5, 0.6) is 11.5 Å². The van der Waals surface area contributed by atoms with E-state index in [-0.39, 0.29) is 0 Å². The molecule has 0 aliphatic rings. The molecule has 3 nitrogen and oxygen atoms in total. The van der Waals surface area contributed by atoms with Crippen molar-refractivity contribution < 1.29 is 4.74 Å². The second kappa shape index (κ2) is 4.37. The summed E-state index contributed by atoms with van der Waals surface area (Å²) in [5.74, 6) is 1.56. The van der Waals surface area contributed by atoms with Crippen LogP contribution in [0, 0.1) is 0 Å². The maximum atomic E-state index is 5.90. The third-order valence-corrected chi connectivity index (χ3v) is 2.73. The van der Waals surface area contributed by atoms with E-state index in [1.807, 2.05) is 54.6 Å². The van der Waals surface area contributed by atoms with Crippen molar-refractivity contribution in [3.8, 4) is 11.5 Å². The fourth-order valence-corrected chi connectivity index (χ4v) is 1.87. The molecule has 88 valence electrons. The van der Waals surface area contributed by atoms with Crippen molar-refractivity contribution in [1.29, 1.82) is 0 Å². The summed E-state index contributed by atoms with van der Waals surface area (Å²) < 4.78 is 5.85. The van der Waals surface area contributed by atoms with Crippen LogP contribution in [0.1, 0.15) is 0 Å². The van der Waals surface area contributed by atoms with Gasteiger partial charge in [-0.1, -0.05) is 18.2 Å². The van der Waals surface area contributed by atoms with Gasteiger partial charge in [-0.2, -0.15) is 0 Å². The number of ether oxygens (including phenoxy) is 1. The van der Waals surface area contributed by atoms with E-state index < -0.39 is 0 Å². The van der Waals surface area contributed by atoms with E-state index in [2.05, 4.69) is 4.98 Å². The number of hydrogen-bond donors (Lipinski definition) is 1. The smallest absolute Gasteiger partial charge is 0.136 e. The quantitative estimate of drug-likeness (QED) is 0.691. The number of nitrogens with two attached hydrogens (primary N) is 1. The maximum Gasteiger partial charge on any atom is 0.136 e. The summed E-state index contributed by atoms with van der Waals surface area (Å²) >= 11 is 0. The molecule has 2 aromatic carbocycles. The lowest BCUT2D eigenvalue weighted by Crippen LogP contribution is -1.92. The Labute approximate surface area is 105 Å². The highest BCUT2D eigenvalue weighted by Crippen LogP contribution is 2.31. The SMILES string of the molecule is Nc1ccc(Oc2ccccc2)c2cccnc12. The van der Waals surface area contributed by atoms with Crippen LogP contribution in [0.4, 0.5) is 5.69 Å². The Kier molecular flexibility index (Phi) is 2.57. The minimum Gasteiger partial charge on any atom is -0.457 e. The first-order chi connectivity index (χ1) is 8.84. The summed E-state index contributed by atoms with van der Waals surface area (Å²) in [5.41, 5.74) is 7.33. The third kappa shape index (κ3) is 1.86. The molecule has 0 radical (unpaired) electrons. The first-order valence-corrected chi connectivity index (χ1v) is 5.71. The molecule has 1 aromatic heterocycles. The van der Waals surface area contributed by atoms with Gasteiger partial charge in [-0.05, 0) is 36.4 Å². The van der Waals surface area contributed by atoms with Crippen LogP contribution in [0.25, 0.3) is 10.9 Å². The van der Waals surface area contributed by atoms with Crippen molar-refractivity contribution in [2.24, 2.45) is 0 Å². The molecule has 3 aromatic rings. The molecule has 0 unspecified atom stereocenters. The lowest BCUT2D eigenvalue weighted by atomic mass is 10.1. The average Bonchev–Trinajstić information content (AvgIpc) is 2.44. The Hall–Kier alpha value is -2.55. The van der Waals surface area contributed by atoms with Crippen molar-refractivity contribution in [2.75, 3.05) is 5.73 Å². The zero-order valence-electron chi connectivity index (χ0n) is 9.71. The molecular formula is C15H12N2O. The van der Waals surface area contributed by atoms with Crippen molar-refractivity contribution in [1.82, 2.24) is 4.98 Å². The third-order valence-electron chi connectivity index (χ3n) is 2.73. The van der Waals surface area contributed by atoms with Gasteiger partial charge < -0.3 is 10.5 Å². The first kappa shape index (κ1) is 10.6. The number of fused-ring (bicyclic) bond motifs is 1. The van der Waals surface area contributed by atoms with Crippen LogP contribution in [-0.2, 0) is 0 Å². The highest BCUT2D eigenvalue weighted by atomic mass is 16.5. The molecule has 3 heteroatoms. The summed E-state index contributed by atoms with van der Waals surface area (Å²) in [6.45, 7) is 0. The Morgan fingerprint density at radius 1 is 0.889 bits per heavy atom. The summed E-state index contributed by atoms with van der Waals surface area (Å²) in [4.78, 5) is 4.28. The zero-order chi connectivity index (χ0) is 12.4. The fourth-order valence-electron chi connectivity index (χ4n) is 1.87. The molecule has 3 rings (SSSR count). The predicted molar refractivity (Wildman–Crippen MR) is 72.7 cm³/mol. The minimum absolute atomic E-state index is 0.658. The van der Waals surface area contributed by atoms with Crippen LogP contribution in [0.15, 0.2) is 60.8 Å². The maximum absolute atomic E-state index is 5.90. The molecule has 0 bridgehead atoms. The van der Waals surface area contributed by atoms with E-state index in [4.69, 9.17) is 10.5 Å². The Morgan fingerprint density at radius 3 is 2.56 bits per heavy atom. The predicted octanol–water partition coefficient (Wildman–Crippen LogP) is 3.61. The van der Waals surface area contributed by atoms with E-state index in [1.54, 1.807) is 6.20 Å². The van der Waals surface area contributed by atoms with Gasteiger partial charge in [0, 0.05) is 11.6 Å².